The molecule has 0 aliphatic heterocycles. The zero-order chi connectivity index (χ0) is 15.9. The van der Waals surface area contributed by atoms with Crippen molar-refractivity contribution in [3.8, 4) is 0 Å². The van der Waals surface area contributed by atoms with Crippen molar-refractivity contribution in [3.05, 3.63) is 29.8 Å². The zero-order valence-electron chi connectivity index (χ0n) is 11.4. The van der Waals surface area contributed by atoms with Crippen molar-refractivity contribution in [1.82, 2.24) is 10.6 Å². The molecule has 2 amide bonds. The van der Waals surface area contributed by atoms with Crippen molar-refractivity contribution in [3.63, 3.8) is 0 Å². The van der Waals surface area contributed by atoms with E-state index in [9.17, 15) is 22.8 Å². The van der Waals surface area contributed by atoms with E-state index < -0.39 is 25.2 Å². The summed E-state index contributed by atoms with van der Waals surface area (Å²) < 4.78 is 35.7. The number of halogens is 3. The van der Waals surface area contributed by atoms with Crippen LogP contribution in [0.5, 0.6) is 0 Å². The number of hydrogen-bond acceptors (Lipinski definition) is 3. The third kappa shape index (κ3) is 7.31. The Hall–Kier alpha value is -2.09. The number of rotatable bonds is 6. The first-order chi connectivity index (χ1) is 9.80. The van der Waals surface area contributed by atoms with E-state index in [0.29, 0.717) is 5.69 Å². The summed E-state index contributed by atoms with van der Waals surface area (Å²) in [6.07, 6.45) is -4.13. The molecule has 0 bridgehead atoms. The van der Waals surface area contributed by atoms with Gasteiger partial charge in [-0.3, -0.25) is 9.59 Å². The van der Waals surface area contributed by atoms with E-state index in [1.54, 1.807) is 24.3 Å². The van der Waals surface area contributed by atoms with Crippen molar-refractivity contribution < 1.29 is 22.8 Å². The first kappa shape index (κ1) is 17.0. The lowest BCUT2D eigenvalue weighted by molar-refractivity contribution is -0.127. The smallest absolute Gasteiger partial charge is 0.359 e. The van der Waals surface area contributed by atoms with Crippen LogP contribution in [0.1, 0.15) is 5.56 Å². The minimum Gasteiger partial charge on any atom is -0.359 e. The quantitative estimate of drug-likeness (QED) is 0.736. The van der Waals surface area contributed by atoms with Gasteiger partial charge in [-0.25, -0.2) is 0 Å². The van der Waals surface area contributed by atoms with Crippen LogP contribution in [0.2, 0.25) is 0 Å². The third-order valence-electron chi connectivity index (χ3n) is 2.49. The van der Waals surface area contributed by atoms with Crippen LogP contribution in [-0.4, -0.2) is 38.1 Å². The van der Waals surface area contributed by atoms with E-state index in [4.69, 9.17) is 0 Å². The van der Waals surface area contributed by atoms with Gasteiger partial charge in [0.05, 0.1) is 19.5 Å². The van der Waals surface area contributed by atoms with E-state index in [-0.39, 0.29) is 12.3 Å². The minimum atomic E-state index is -4.35. The summed E-state index contributed by atoms with van der Waals surface area (Å²) in [4.78, 5) is 22.6. The van der Waals surface area contributed by atoms with Gasteiger partial charge in [0.15, 0.2) is 0 Å². The number of anilines is 1. The summed E-state index contributed by atoms with van der Waals surface area (Å²) in [6, 6.07) is 6.49. The van der Waals surface area contributed by atoms with Crippen LogP contribution < -0.4 is 16.0 Å². The average molecular weight is 303 g/mol. The second kappa shape index (κ2) is 7.63. The molecule has 21 heavy (non-hydrogen) atoms. The van der Waals surface area contributed by atoms with Gasteiger partial charge in [0.25, 0.3) is 0 Å². The molecule has 0 saturated carbocycles. The fraction of sp³-hybridized carbons (Fsp3) is 0.385. The Bertz CT molecular complexity index is 486. The number of likely N-dealkylation sites (N-methyl/N-ethyl adjacent to an activating group) is 1. The van der Waals surface area contributed by atoms with Gasteiger partial charge in [0.1, 0.15) is 0 Å². The van der Waals surface area contributed by atoms with Gasteiger partial charge >= 0.3 is 6.18 Å². The molecular formula is C13H16F3N3O2. The van der Waals surface area contributed by atoms with Gasteiger partial charge in [-0.1, -0.05) is 12.1 Å². The highest BCUT2D eigenvalue weighted by molar-refractivity contribution is 5.92. The van der Waals surface area contributed by atoms with Gasteiger partial charge in [-0.05, 0) is 17.7 Å². The van der Waals surface area contributed by atoms with Crippen LogP contribution >= 0.6 is 0 Å². The fourth-order valence-electron chi connectivity index (χ4n) is 1.50. The summed E-state index contributed by atoms with van der Waals surface area (Å²) in [7, 11) is 1.53. The predicted molar refractivity (Wildman–Crippen MR) is 71.8 cm³/mol. The first-order valence-corrected chi connectivity index (χ1v) is 6.17. The largest absolute Gasteiger partial charge is 0.401 e. The molecule has 0 atom stereocenters. The van der Waals surface area contributed by atoms with Gasteiger partial charge in [-0.2, -0.15) is 13.2 Å². The molecule has 0 saturated heterocycles. The lowest BCUT2D eigenvalue weighted by Gasteiger charge is -2.09. The number of amides is 2. The average Bonchev–Trinajstić information content (AvgIpc) is 2.39. The zero-order valence-corrected chi connectivity index (χ0v) is 11.4. The molecule has 0 aliphatic rings. The summed E-state index contributed by atoms with van der Waals surface area (Å²) >= 11 is 0. The van der Waals surface area contributed by atoms with Crippen LogP contribution in [0, 0.1) is 0 Å². The molecule has 116 valence electrons. The highest BCUT2D eigenvalue weighted by Gasteiger charge is 2.26. The Balaban J connectivity index is 2.41. The summed E-state index contributed by atoms with van der Waals surface area (Å²) in [5.41, 5.74) is 1.22. The van der Waals surface area contributed by atoms with Crippen LogP contribution in [0.4, 0.5) is 18.9 Å². The number of benzene rings is 1. The molecule has 0 radical (unpaired) electrons. The second-order valence-corrected chi connectivity index (χ2v) is 4.31. The van der Waals surface area contributed by atoms with Crippen LogP contribution in [0.25, 0.3) is 0 Å². The molecule has 1 aromatic rings. The third-order valence-corrected chi connectivity index (χ3v) is 2.49. The predicted octanol–water partition coefficient (Wildman–Crippen LogP) is 1.07. The molecule has 1 rings (SSSR count). The monoisotopic (exact) mass is 303 g/mol. The lowest BCUT2D eigenvalue weighted by atomic mass is 10.1. The number of carbonyl (C=O) groups is 2. The topological polar surface area (TPSA) is 70.2 Å². The maximum Gasteiger partial charge on any atom is 0.401 e. The van der Waals surface area contributed by atoms with Crippen molar-refractivity contribution >= 4 is 17.5 Å². The van der Waals surface area contributed by atoms with Gasteiger partial charge in [0.2, 0.25) is 11.8 Å². The molecule has 0 aliphatic carbocycles. The molecule has 0 spiro atoms. The normalized spacial score (nSPS) is 11.0. The van der Waals surface area contributed by atoms with Gasteiger partial charge in [0, 0.05) is 12.7 Å². The molecule has 0 fully saturated rings. The van der Waals surface area contributed by atoms with Crippen LogP contribution in [0.15, 0.2) is 24.3 Å². The molecule has 0 heterocycles. The molecular weight excluding hydrogens is 287 g/mol. The molecule has 3 N–H and O–H groups in total. The highest BCUT2D eigenvalue weighted by atomic mass is 19.4. The second-order valence-electron chi connectivity index (χ2n) is 4.31. The number of carbonyl (C=O) groups excluding carboxylic acids is 2. The standard InChI is InChI=1S/C13H16F3N3O2/c1-17-11(20)6-9-2-4-10(5-3-9)19-12(21)7-18-8-13(14,15)16/h2-5,18H,6-8H2,1H3,(H,17,20)(H,19,21). The Morgan fingerprint density at radius 3 is 2.24 bits per heavy atom. The Morgan fingerprint density at radius 2 is 1.71 bits per heavy atom. The molecule has 0 aromatic heterocycles. The van der Waals surface area contributed by atoms with E-state index in [2.05, 4.69) is 10.6 Å². The Morgan fingerprint density at radius 1 is 1.10 bits per heavy atom. The van der Waals surface area contributed by atoms with Gasteiger partial charge < -0.3 is 16.0 Å². The molecule has 1 aromatic carbocycles. The van der Waals surface area contributed by atoms with Crippen molar-refractivity contribution in [2.24, 2.45) is 0 Å². The Labute approximate surface area is 119 Å². The Kier molecular flexibility index (Phi) is 6.16. The number of alkyl halides is 3. The van der Waals surface area contributed by atoms with E-state index in [0.717, 1.165) is 5.56 Å². The minimum absolute atomic E-state index is 0.136. The van der Waals surface area contributed by atoms with Crippen molar-refractivity contribution in [2.45, 2.75) is 12.6 Å². The fourth-order valence-corrected chi connectivity index (χ4v) is 1.50. The molecule has 0 unspecified atom stereocenters. The first-order valence-electron chi connectivity index (χ1n) is 6.17. The van der Waals surface area contributed by atoms with Gasteiger partial charge in [-0.15, -0.1) is 0 Å². The summed E-state index contributed by atoms with van der Waals surface area (Å²) in [5, 5.41) is 6.94. The van der Waals surface area contributed by atoms with E-state index in [1.807, 2.05) is 5.32 Å². The van der Waals surface area contributed by atoms with E-state index >= 15 is 0 Å². The van der Waals surface area contributed by atoms with Crippen LogP contribution in [-0.2, 0) is 16.0 Å². The number of hydrogen-bond donors (Lipinski definition) is 3. The SMILES string of the molecule is CNC(=O)Cc1ccc(NC(=O)CNCC(F)(F)F)cc1. The van der Waals surface area contributed by atoms with E-state index in [1.165, 1.54) is 7.05 Å². The van der Waals surface area contributed by atoms with Crippen molar-refractivity contribution in [1.29, 1.82) is 0 Å². The maximum atomic E-state index is 11.9. The van der Waals surface area contributed by atoms with Crippen molar-refractivity contribution in [2.75, 3.05) is 25.5 Å². The molecule has 5 nitrogen and oxygen atoms in total. The highest BCUT2D eigenvalue weighted by Crippen LogP contribution is 2.12. The number of nitrogens with one attached hydrogen (secondary N) is 3. The lowest BCUT2D eigenvalue weighted by Crippen LogP contribution is -2.35. The summed E-state index contributed by atoms with van der Waals surface area (Å²) in [5.74, 6) is -0.707. The molecule has 8 heteroatoms. The summed E-state index contributed by atoms with van der Waals surface area (Å²) in [6.45, 7) is -1.65. The maximum absolute atomic E-state index is 11.9. The van der Waals surface area contributed by atoms with Crippen LogP contribution in [0.3, 0.4) is 0 Å².